The fraction of sp³-hybridized carbons (Fsp3) is 0.214. The molecule has 0 saturated heterocycles. The van der Waals surface area contributed by atoms with Crippen LogP contribution in [0.15, 0.2) is 47.3 Å². The second-order valence-electron chi connectivity index (χ2n) is 3.99. The van der Waals surface area contributed by atoms with E-state index < -0.39 is 0 Å². The minimum absolute atomic E-state index is 0.0756. The van der Waals surface area contributed by atoms with Crippen LogP contribution in [0.5, 0.6) is 0 Å². The van der Waals surface area contributed by atoms with Crippen molar-refractivity contribution in [2.45, 2.75) is 13.1 Å². The molecule has 2 rings (SSSR count). The Morgan fingerprint density at radius 1 is 1.11 bits per heavy atom. The Hall–Kier alpha value is -1.91. The predicted octanol–water partition coefficient (Wildman–Crippen LogP) is 0.966. The first-order chi connectivity index (χ1) is 8.77. The average Bonchev–Trinajstić information content (AvgIpc) is 2.42. The molecular weight excluding hydrogens is 228 g/mol. The number of nitrogens with zero attached hydrogens (tertiary/aromatic N) is 1. The van der Waals surface area contributed by atoms with E-state index in [-0.39, 0.29) is 25.3 Å². The Morgan fingerprint density at radius 2 is 1.83 bits per heavy atom. The summed E-state index contributed by atoms with van der Waals surface area (Å²) < 4.78 is 1.57. The quantitative estimate of drug-likeness (QED) is 0.842. The van der Waals surface area contributed by atoms with Gasteiger partial charge in [0.1, 0.15) is 0 Å². The Bertz CT molecular complexity index is 576. The molecule has 0 bridgehead atoms. The fourth-order valence-corrected chi connectivity index (χ4v) is 1.96. The molecule has 4 heteroatoms. The van der Waals surface area contributed by atoms with Crippen molar-refractivity contribution < 1.29 is 5.11 Å². The number of aromatic nitrogens is 1. The Kier molecular flexibility index (Phi) is 3.92. The highest BCUT2D eigenvalue weighted by Crippen LogP contribution is 2.17. The summed E-state index contributed by atoms with van der Waals surface area (Å²) in [5.41, 5.74) is 7.70. The number of benzene rings is 1. The van der Waals surface area contributed by atoms with Crippen molar-refractivity contribution >= 4 is 0 Å². The molecule has 4 nitrogen and oxygen atoms in total. The van der Waals surface area contributed by atoms with Crippen LogP contribution in [-0.2, 0) is 13.1 Å². The van der Waals surface area contributed by atoms with Crippen LogP contribution < -0.4 is 11.3 Å². The third-order valence-corrected chi connectivity index (χ3v) is 2.87. The molecule has 0 aliphatic carbocycles. The van der Waals surface area contributed by atoms with Gasteiger partial charge in [0, 0.05) is 18.7 Å². The molecule has 0 unspecified atom stereocenters. The number of aliphatic hydroxyl groups is 1. The molecule has 0 aliphatic rings. The van der Waals surface area contributed by atoms with Gasteiger partial charge in [-0.15, -0.1) is 0 Å². The second kappa shape index (κ2) is 5.62. The maximum absolute atomic E-state index is 12.2. The van der Waals surface area contributed by atoms with Gasteiger partial charge < -0.3 is 15.4 Å². The van der Waals surface area contributed by atoms with Gasteiger partial charge in [-0.05, 0) is 11.6 Å². The summed E-state index contributed by atoms with van der Waals surface area (Å²) >= 11 is 0. The highest BCUT2D eigenvalue weighted by atomic mass is 16.3. The summed E-state index contributed by atoms with van der Waals surface area (Å²) in [7, 11) is 0. The molecule has 0 atom stereocenters. The number of nitrogens with two attached hydrogens (primary N) is 1. The maximum atomic E-state index is 12.2. The van der Waals surface area contributed by atoms with Gasteiger partial charge in [-0.2, -0.15) is 0 Å². The first kappa shape index (κ1) is 12.5. The zero-order chi connectivity index (χ0) is 13.0. The topological polar surface area (TPSA) is 68.2 Å². The van der Waals surface area contributed by atoms with Crippen molar-refractivity contribution in [3.63, 3.8) is 0 Å². The largest absolute Gasteiger partial charge is 0.395 e. The lowest BCUT2D eigenvalue weighted by molar-refractivity contribution is 0.274. The van der Waals surface area contributed by atoms with E-state index >= 15 is 0 Å². The molecule has 1 aromatic heterocycles. The van der Waals surface area contributed by atoms with Crippen LogP contribution in [0, 0.1) is 0 Å². The number of hydrogen-bond donors (Lipinski definition) is 2. The minimum atomic E-state index is -0.132. The highest BCUT2D eigenvalue weighted by Gasteiger charge is 2.08. The molecule has 0 fully saturated rings. The zero-order valence-electron chi connectivity index (χ0n) is 10.0. The molecule has 0 amide bonds. The van der Waals surface area contributed by atoms with Crippen LogP contribution in [-0.4, -0.2) is 16.3 Å². The zero-order valence-corrected chi connectivity index (χ0v) is 10.0. The van der Waals surface area contributed by atoms with Gasteiger partial charge in [-0.25, -0.2) is 0 Å². The summed E-state index contributed by atoms with van der Waals surface area (Å²) in [6.45, 7) is 0.407. The van der Waals surface area contributed by atoms with Gasteiger partial charge in [0.05, 0.1) is 12.3 Å². The van der Waals surface area contributed by atoms with E-state index in [0.717, 1.165) is 11.3 Å². The minimum Gasteiger partial charge on any atom is -0.395 e. The van der Waals surface area contributed by atoms with Gasteiger partial charge in [-0.1, -0.05) is 36.4 Å². The van der Waals surface area contributed by atoms with E-state index in [4.69, 9.17) is 10.8 Å². The van der Waals surface area contributed by atoms with E-state index in [1.54, 1.807) is 10.6 Å². The molecular formula is C14H16N2O2. The van der Waals surface area contributed by atoms with Crippen LogP contribution in [0.2, 0.25) is 0 Å². The van der Waals surface area contributed by atoms with Gasteiger partial charge in [-0.3, -0.25) is 4.79 Å². The Labute approximate surface area is 105 Å². The third-order valence-electron chi connectivity index (χ3n) is 2.87. The molecule has 94 valence electrons. The van der Waals surface area contributed by atoms with Crippen molar-refractivity contribution in [2.24, 2.45) is 5.73 Å². The van der Waals surface area contributed by atoms with Crippen LogP contribution in [0.4, 0.5) is 0 Å². The summed E-state index contributed by atoms with van der Waals surface area (Å²) in [5, 5.41) is 9.09. The summed E-state index contributed by atoms with van der Waals surface area (Å²) in [4.78, 5) is 12.2. The Balaban J connectivity index is 2.61. The van der Waals surface area contributed by atoms with Gasteiger partial charge in [0.15, 0.2) is 0 Å². The molecule has 0 aliphatic heterocycles. The fourth-order valence-electron chi connectivity index (χ4n) is 1.96. The summed E-state index contributed by atoms with van der Waals surface area (Å²) in [6, 6.07) is 13.2. The first-order valence-electron chi connectivity index (χ1n) is 5.87. The van der Waals surface area contributed by atoms with Crippen molar-refractivity contribution in [3.8, 4) is 11.3 Å². The van der Waals surface area contributed by atoms with Crippen molar-refractivity contribution in [2.75, 3.05) is 6.61 Å². The predicted molar refractivity (Wildman–Crippen MR) is 71.1 cm³/mol. The number of aliphatic hydroxyl groups excluding tert-OH is 1. The van der Waals surface area contributed by atoms with Crippen LogP contribution in [0.1, 0.15) is 5.56 Å². The van der Waals surface area contributed by atoms with Crippen molar-refractivity contribution in [1.82, 2.24) is 4.57 Å². The molecule has 0 radical (unpaired) electrons. The monoisotopic (exact) mass is 244 g/mol. The molecule has 3 N–H and O–H groups in total. The third kappa shape index (κ3) is 2.34. The molecule has 0 saturated carbocycles. The molecule has 18 heavy (non-hydrogen) atoms. The molecule has 2 aromatic rings. The van der Waals surface area contributed by atoms with Gasteiger partial charge in [0.2, 0.25) is 0 Å². The molecule has 1 aromatic carbocycles. The van der Waals surface area contributed by atoms with Gasteiger partial charge >= 0.3 is 0 Å². The standard InChI is InChI=1S/C14H16N2O2/c15-10-12-6-7-13(11-4-2-1-3-5-11)16(8-9-17)14(12)18/h1-7,17H,8-10,15H2. The SMILES string of the molecule is NCc1ccc(-c2ccccc2)n(CCO)c1=O. The lowest BCUT2D eigenvalue weighted by Gasteiger charge is -2.13. The van der Waals surface area contributed by atoms with E-state index in [1.165, 1.54) is 0 Å². The lowest BCUT2D eigenvalue weighted by Crippen LogP contribution is -2.27. The van der Waals surface area contributed by atoms with E-state index in [2.05, 4.69) is 0 Å². The van der Waals surface area contributed by atoms with E-state index in [1.807, 2.05) is 36.4 Å². The number of hydrogen-bond acceptors (Lipinski definition) is 3. The highest BCUT2D eigenvalue weighted by molar-refractivity contribution is 5.59. The average molecular weight is 244 g/mol. The summed E-state index contributed by atoms with van der Waals surface area (Å²) in [6.07, 6.45) is 0. The van der Waals surface area contributed by atoms with Crippen LogP contribution in [0.3, 0.4) is 0 Å². The number of pyridine rings is 1. The molecule has 0 spiro atoms. The lowest BCUT2D eigenvalue weighted by atomic mass is 10.1. The van der Waals surface area contributed by atoms with E-state index in [9.17, 15) is 4.79 Å². The Morgan fingerprint density at radius 3 is 2.44 bits per heavy atom. The smallest absolute Gasteiger partial charge is 0.255 e. The van der Waals surface area contributed by atoms with Gasteiger partial charge in [0.25, 0.3) is 5.56 Å². The van der Waals surface area contributed by atoms with Crippen LogP contribution >= 0.6 is 0 Å². The molecule has 1 heterocycles. The summed E-state index contributed by atoms with van der Waals surface area (Å²) in [5.74, 6) is 0. The normalized spacial score (nSPS) is 10.6. The van der Waals surface area contributed by atoms with Crippen LogP contribution in [0.25, 0.3) is 11.3 Å². The van der Waals surface area contributed by atoms with Crippen molar-refractivity contribution in [3.05, 3.63) is 58.4 Å². The maximum Gasteiger partial charge on any atom is 0.255 e. The number of rotatable bonds is 4. The van der Waals surface area contributed by atoms with Crippen molar-refractivity contribution in [1.29, 1.82) is 0 Å². The first-order valence-corrected chi connectivity index (χ1v) is 5.87. The second-order valence-corrected chi connectivity index (χ2v) is 3.99. The van der Waals surface area contributed by atoms with E-state index in [0.29, 0.717) is 5.56 Å².